The molecule has 0 aromatic heterocycles. The molecule has 1 saturated heterocycles. The average molecular weight is 366 g/mol. The molecule has 3 N–H and O–H groups in total. The van der Waals surface area contributed by atoms with Gasteiger partial charge < -0.3 is 25.6 Å². The highest BCUT2D eigenvalue weighted by molar-refractivity contribution is 5.90. The molecule has 2 atom stereocenters. The summed E-state index contributed by atoms with van der Waals surface area (Å²) in [5.74, 6) is 0. The molecule has 2 aromatic rings. The van der Waals surface area contributed by atoms with Crippen molar-refractivity contribution < 1.29 is 9.53 Å². The number of para-hydroxylation sites is 1. The second-order valence-electron chi connectivity index (χ2n) is 7.35. The number of nitrogens with one attached hydrogen (secondary N) is 3. The van der Waals surface area contributed by atoms with Crippen molar-refractivity contribution >= 4 is 23.1 Å². The molecule has 6 heteroatoms. The average Bonchev–Trinajstić information content (AvgIpc) is 2.90. The Morgan fingerprint density at radius 1 is 1.11 bits per heavy atom. The van der Waals surface area contributed by atoms with Gasteiger partial charge in [-0.3, -0.25) is 0 Å². The van der Waals surface area contributed by atoms with Crippen LogP contribution in [0.3, 0.4) is 0 Å². The number of carbonyl (C=O) groups excluding carboxylic acids is 1. The number of hydrogen-bond donors (Lipinski definition) is 3. The lowest BCUT2D eigenvalue weighted by Crippen LogP contribution is -2.45. The van der Waals surface area contributed by atoms with Crippen LogP contribution < -0.4 is 16.0 Å². The Bertz CT molecular complexity index is 839. The van der Waals surface area contributed by atoms with E-state index in [0.717, 1.165) is 43.0 Å². The van der Waals surface area contributed by atoms with E-state index < -0.39 is 0 Å². The van der Waals surface area contributed by atoms with Gasteiger partial charge in [0.1, 0.15) is 0 Å². The number of nitrogens with zero attached hydrogens (tertiary/aromatic N) is 1. The summed E-state index contributed by atoms with van der Waals surface area (Å²) in [4.78, 5) is 14.6. The summed E-state index contributed by atoms with van der Waals surface area (Å²) in [6.07, 6.45) is 2.01. The number of carbonyl (C=O) groups is 1. The number of likely N-dealkylation sites (N-methyl/N-ethyl adjacent to an activating group) is 1. The Balaban J connectivity index is 1.45. The molecule has 4 rings (SSSR count). The fourth-order valence-electron chi connectivity index (χ4n) is 3.94. The van der Waals surface area contributed by atoms with Crippen LogP contribution in [0.5, 0.6) is 0 Å². The zero-order valence-corrected chi connectivity index (χ0v) is 15.8. The smallest absolute Gasteiger partial charge is 0.319 e. The summed E-state index contributed by atoms with van der Waals surface area (Å²) in [5, 5.41) is 9.50. The Morgan fingerprint density at radius 3 is 2.70 bits per heavy atom. The van der Waals surface area contributed by atoms with Crippen LogP contribution in [-0.2, 0) is 17.6 Å². The molecular weight excluding hydrogens is 340 g/mol. The quantitative estimate of drug-likeness (QED) is 0.781. The number of urea groups is 1. The third-order valence-corrected chi connectivity index (χ3v) is 5.39. The first-order chi connectivity index (χ1) is 13.1. The lowest BCUT2D eigenvalue weighted by Gasteiger charge is -2.19. The highest BCUT2D eigenvalue weighted by atomic mass is 16.5. The van der Waals surface area contributed by atoms with Crippen molar-refractivity contribution in [2.45, 2.75) is 25.0 Å². The number of anilines is 3. The van der Waals surface area contributed by atoms with Crippen molar-refractivity contribution in [3.8, 4) is 0 Å². The minimum absolute atomic E-state index is 0.00849. The maximum atomic E-state index is 12.5. The van der Waals surface area contributed by atoms with Gasteiger partial charge >= 0.3 is 6.03 Å². The summed E-state index contributed by atoms with van der Waals surface area (Å²) >= 11 is 0. The summed E-state index contributed by atoms with van der Waals surface area (Å²) in [5.41, 5.74) is 5.53. The molecule has 2 aliphatic heterocycles. The number of benzene rings is 2. The molecule has 142 valence electrons. The molecule has 6 nitrogen and oxygen atoms in total. The van der Waals surface area contributed by atoms with Crippen LogP contribution in [-0.4, -0.2) is 50.3 Å². The molecule has 1 fully saturated rings. The maximum absolute atomic E-state index is 12.5. The van der Waals surface area contributed by atoms with Crippen LogP contribution in [0.4, 0.5) is 21.9 Å². The molecule has 0 saturated carbocycles. The first-order valence-corrected chi connectivity index (χ1v) is 9.39. The van der Waals surface area contributed by atoms with E-state index in [1.54, 1.807) is 7.11 Å². The highest BCUT2D eigenvalue weighted by Gasteiger charge is 2.31. The number of ether oxygens (including phenoxy) is 1. The molecule has 0 unspecified atom stereocenters. The van der Waals surface area contributed by atoms with Crippen molar-refractivity contribution in [3.05, 3.63) is 53.6 Å². The third-order valence-electron chi connectivity index (χ3n) is 5.39. The zero-order valence-electron chi connectivity index (χ0n) is 15.8. The van der Waals surface area contributed by atoms with Crippen molar-refractivity contribution in [3.63, 3.8) is 0 Å². The molecule has 2 aromatic carbocycles. The second kappa shape index (κ2) is 7.58. The van der Waals surface area contributed by atoms with Gasteiger partial charge in [-0.05, 0) is 49.2 Å². The molecule has 0 spiro atoms. The van der Waals surface area contributed by atoms with Gasteiger partial charge in [0, 0.05) is 37.3 Å². The van der Waals surface area contributed by atoms with Gasteiger partial charge in [0.05, 0.1) is 12.1 Å². The predicted octanol–water partition coefficient (Wildman–Crippen LogP) is 2.98. The zero-order chi connectivity index (χ0) is 18.8. The summed E-state index contributed by atoms with van der Waals surface area (Å²) in [6, 6.07) is 14.2. The Morgan fingerprint density at radius 2 is 1.89 bits per heavy atom. The fraction of sp³-hybridized carbons (Fsp3) is 0.381. The minimum Gasteiger partial charge on any atom is -0.378 e. The topological polar surface area (TPSA) is 65.6 Å². The molecule has 0 bridgehead atoms. The monoisotopic (exact) mass is 366 g/mol. The molecule has 2 aliphatic rings. The molecule has 0 radical (unpaired) electrons. The largest absolute Gasteiger partial charge is 0.378 e. The van der Waals surface area contributed by atoms with Crippen LogP contribution in [0, 0.1) is 0 Å². The summed E-state index contributed by atoms with van der Waals surface area (Å²) < 4.78 is 5.47. The molecule has 2 heterocycles. The van der Waals surface area contributed by atoms with Crippen molar-refractivity contribution in [2.24, 2.45) is 0 Å². The van der Waals surface area contributed by atoms with Gasteiger partial charge in [-0.2, -0.15) is 0 Å². The van der Waals surface area contributed by atoms with Gasteiger partial charge in [-0.15, -0.1) is 0 Å². The fourth-order valence-corrected chi connectivity index (χ4v) is 3.94. The Kier molecular flexibility index (Phi) is 5.01. The first-order valence-electron chi connectivity index (χ1n) is 9.39. The van der Waals surface area contributed by atoms with Crippen molar-refractivity contribution in [1.82, 2.24) is 10.2 Å². The second-order valence-corrected chi connectivity index (χ2v) is 7.35. The van der Waals surface area contributed by atoms with Gasteiger partial charge in [-0.25, -0.2) is 4.79 Å². The lowest BCUT2D eigenvalue weighted by molar-refractivity contribution is 0.0940. The maximum Gasteiger partial charge on any atom is 0.319 e. The number of fused-ring (bicyclic) bond motifs is 2. The van der Waals surface area contributed by atoms with Crippen molar-refractivity contribution in [2.75, 3.05) is 37.9 Å². The standard InChI is InChI=1S/C21H26N4O2/c1-25-12-19(20(13-25)27-2)24-21(26)22-16-10-9-15-8-7-14-5-3-4-6-17(14)23-18(15)11-16/h3-6,9-11,19-20,23H,7-8,12-13H2,1-2H3,(H2,22,24,26)/t19-,20-/m1/s1. The summed E-state index contributed by atoms with van der Waals surface area (Å²) in [6.45, 7) is 1.61. The van der Waals surface area contributed by atoms with E-state index in [4.69, 9.17) is 4.74 Å². The van der Waals surface area contributed by atoms with E-state index in [-0.39, 0.29) is 18.2 Å². The van der Waals surface area contributed by atoms with Crippen LogP contribution in [0.15, 0.2) is 42.5 Å². The van der Waals surface area contributed by atoms with E-state index in [2.05, 4.69) is 45.1 Å². The van der Waals surface area contributed by atoms with Gasteiger partial charge in [-0.1, -0.05) is 24.3 Å². The normalized spacial score (nSPS) is 21.6. The van der Waals surface area contributed by atoms with Gasteiger partial charge in [0.25, 0.3) is 0 Å². The van der Waals surface area contributed by atoms with Gasteiger partial charge in [0.15, 0.2) is 0 Å². The van der Waals surface area contributed by atoms with Gasteiger partial charge in [0.2, 0.25) is 0 Å². The number of hydrogen-bond acceptors (Lipinski definition) is 4. The lowest BCUT2D eigenvalue weighted by atomic mass is 10.0. The number of rotatable bonds is 3. The number of aryl methyl sites for hydroxylation is 2. The van der Waals surface area contributed by atoms with E-state index in [1.165, 1.54) is 11.1 Å². The third kappa shape index (κ3) is 3.91. The Hall–Kier alpha value is -2.57. The van der Waals surface area contributed by atoms with Crippen LogP contribution in [0.2, 0.25) is 0 Å². The summed E-state index contributed by atoms with van der Waals surface area (Å²) in [7, 11) is 3.72. The van der Waals surface area contributed by atoms with Crippen LogP contribution in [0.25, 0.3) is 0 Å². The van der Waals surface area contributed by atoms with E-state index >= 15 is 0 Å². The minimum atomic E-state index is -0.202. The molecule has 2 amide bonds. The predicted molar refractivity (Wildman–Crippen MR) is 108 cm³/mol. The molecule has 27 heavy (non-hydrogen) atoms. The molecule has 0 aliphatic carbocycles. The highest BCUT2D eigenvalue weighted by Crippen LogP contribution is 2.31. The molecular formula is C21H26N4O2. The number of amides is 2. The Labute approximate surface area is 159 Å². The van der Waals surface area contributed by atoms with E-state index in [1.807, 2.05) is 25.2 Å². The van der Waals surface area contributed by atoms with Crippen LogP contribution in [0.1, 0.15) is 11.1 Å². The van der Waals surface area contributed by atoms with Crippen molar-refractivity contribution in [1.29, 1.82) is 0 Å². The van der Waals surface area contributed by atoms with E-state index in [0.29, 0.717) is 0 Å². The van der Waals surface area contributed by atoms with Crippen LogP contribution >= 0.6 is 0 Å². The first kappa shape index (κ1) is 17.8. The number of likely N-dealkylation sites (tertiary alicyclic amines) is 1. The SMILES string of the molecule is CO[C@@H]1CN(C)C[C@H]1NC(=O)Nc1ccc2c(c1)Nc1ccccc1CC2. The number of methoxy groups -OCH3 is 1. The van der Waals surface area contributed by atoms with E-state index in [9.17, 15) is 4.79 Å².